The van der Waals surface area contributed by atoms with Gasteiger partial charge in [-0.2, -0.15) is 0 Å². The fourth-order valence-electron chi connectivity index (χ4n) is 4.18. The lowest BCUT2D eigenvalue weighted by Gasteiger charge is -2.37. The van der Waals surface area contributed by atoms with Crippen LogP contribution in [0.4, 0.5) is 0 Å². The zero-order valence-corrected chi connectivity index (χ0v) is 14.8. The molecule has 25 heavy (non-hydrogen) atoms. The summed E-state index contributed by atoms with van der Waals surface area (Å²) in [6.07, 6.45) is 7.41. The number of carbonyl (C=O) groups is 2. The Labute approximate surface area is 150 Å². The minimum absolute atomic E-state index is 0.203. The Morgan fingerprint density at radius 1 is 1.00 bits per heavy atom. The van der Waals surface area contributed by atoms with Crippen molar-refractivity contribution >= 4 is 11.8 Å². The predicted molar refractivity (Wildman–Crippen MR) is 97.7 cm³/mol. The number of nitrogens with zero attached hydrogens (tertiary/aromatic N) is 1. The number of nitrogens with one attached hydrogen (secondary N) is 1. The molecular formula is C20H29N3O2. The number of nitrogens with two attached hydrogens (primary N) is 1. The standard InChI is InChI=1S/C20H29N3O2/c21-19(24)18(15-7-3-1-4-8-15)23-13-11-17(12-14-23)22-20(25)16-9-5-2-6-10-16/h1,3-4,7-8,16-18H,2,5-6,9-14H2,(H2,21,24)(H,22,25)/t18-/m0/s1. The predicted octanol–water partition coefficient (Wildman–Crippen LogP) is 2.37. The van der Waals surface area contributed by atoms with Crippen molar-refractivity contribution in [3.63, 3.8) is 0 Å². The van der Waals surface area contributed by atoms with Crippen molar-refractivity contribution in [2.45, 2.75) is 57.0 Å². The molecular weight excluding hydrogens is 314 g/mol. The summed E-state index contributed by atoms with van der Waals surface area (Å²) in [6, 6.07) is 9.55. The van der Waals surface area contributed by atoms with Crippen LogP contribution >= 0.6 is 0 Å². The van der Waals surface area contributed by atoms with Crippen LogP contribution in [0.25, 0.3) is 0 Å². The maximum Gasteiger partial charge on any atom is 0.239 e. The number of primary amides is 1. The van der Waals surface area contributed by atoms with Crippen molar-refractivity contribution in [2.75, 3.05) is 13.1 Å². The number of rotatable bonds is 5. The first-order valence-corrected chi connectivity index (χ1v) is 9.54. The highest BCUT2D eigenvalue weighted by Crippen LogP contribution is 2.26. The highest BCUT2D eigenvalue weighted by Gasteiger charge is 2.31. The molecule has 1 aromatic carbocycles. The van der Waals surface area contributed by atoms with E-state index in [-0.39, 0.29) is 29.8 Å². The molecule has 1 saturated heterocycles. The monoisotopic (exact) mass is 343 g/mol. The highest BCUT2D eigenvalue weighted by molar-refractivity contribution is 5.81. The number of amides is 2. The van der Waals surface area contributed by atoms with Crippen molar-refractivity contribution < 1.29 is 9.59 Å². The fraction of sp³-hybridized carbons (Fsp3) is 0.600. The van der Waals surface area contributed by atoms with Crippen molar-refractivity contribution in [1.29, 1.82) is 0 Å². The number of hydrogen-bond donors (Lipinski definition) is 2. The minimum atomic E-state index is -0.379. The fourth-order valence-corrected chi connectivity index (χ4v) is 4.18. The van der Waals surface area contributed by atoms with Crippen LogP contribution in [0.3, 0.4) is 0 Å². The molecule has 136 valence electrons. The molecule has 0 unspecified atom stereocenters. The van der Waals surface area contributed by atoms with Gasteiger partial charge < -0.3 is 11.1 Å². The Bertz CT molecular complexity index is 576. The van der Waals surface area contributed by atoms with Gasteiger partial charge in [0.05, 0.1) is 0 Å². The summed E-state index contributed by atoms with van der Waals surface area (Å²) >= 11 is 0. The van der Waals surface area contributed by atoms with Crippen molar-refractivity contribution in [2.24, 2.45) is 11.7 Å². The number of likely N-dealkylation sites (tertiary alicyclic amines) is 1. The van der Waals surface area contributed by atoms with E-state index < -0.39 is 0 Å². The van der Waals surface area contributed by atoms with Crippen molar-refractivity contribution in [1.82, 2.24) is 10.2 Å². The second-order valence-electron chi connectivity index (χ2n) is 7.37. The van der Waals surface area contributed by atoms with Crippen LogP contribution < -0.4 is 11.1 Å². The Balaban J connectivity index is 1.53. The summed E-state index contributed by atoms with van der Waals surface area (Å²) < 4.78 is 0. The second kappa shape index (κ2) is 8.48. The SMILES string of the molecule is NC(=O)[C@H](c1ccccc1)N1CCC(NC(=O)C2CCCCC2)CC1. The summed E-state index contributed by atoms with van der Waals surface area (Å²) in [5.41, 5.74) is 6.61. The van der Waals surface area contributed by atoms with E-state index >= 15 is 0 Å². The van der Waals surface area contributed by atoms with E-state index in [0.29, 0.717) is 0 Å². The van der Waals surface area contributed by atoms with Gasteiger partial charge in [0.2, 0.25) is 11.8 Å². The lowest BCUT2D eigenvalue weighted by atomic mass is 9.88. The van der Waals surface area contributed by atoms with Crippen LogP contribution in [0.1, 0.15) is 56.6 Å². The van der Waals surface area contributed by atoms with Crippen LogP contribution in [0.5, 0.6) is 0 Å². The Kier molecular flexibility index (Phi) is 6.08. The third-order valence-electron chi connectivity index (χ3n) is 5.60. The molecule has 0 bridgehead atoms. The summed E-state index contributed by atoms with van der Waals surface area (Å²) in [4.78, 5) is 26.5. The van der Waals surface area contributed by atoms with Crippen LogP contribution in [0, 0.1) is 5.92 Å². The molecule has 1 heterocycles. The molecule has 2 fully saturated rings. The van der Waals surface area contributed by atoms with E-state index in [2.05, 4.69) is 10.2 Å². The molecule has 2 aliphatic rings. The van der Waals surface area contributed by atoms with Gasteiger partial charge in [-0.3, -0.25) is 14.5 Å². The van der Waals surface area contributed by atoms with E-state index in [1.807, 2.05) is 30.3 Å². The van der Waals surface area contributed by atoms with Gasteiger partial charge in [0.1, 0.15) is 6.04 Å². The van der Waals surface area contributed by atoms with Gasteiger partial charge in [-0.15, -0.1) is 0 Å². The average Bonchev–Trinajstić information content (AvgIpc) is 2.65. The Morgan fingerprint density at radius 3 is 2.24 bits per heavy atom. The lowest BCUT2D eigenvalue weighted by Crippen LogP contribution is -2.49. The smallest absolute Gasteiger partial charge is 0.239 e. The molecule has 1 aliphatic carbocycles. The van der Waals surface area contributed by atoms with Gasteiger partial charge in [-0.05, 0) is 31.2 Å². The molecule has 5 nitrogen and oxygen atoms in total. The number of carbonyl (C=O) groups excluding carboxylic acids is 2. The maximum absolute atomic E-state index is 12.4. The van der Waals surface area contributed by atoms with E-state index in [1.165, 1.54) is 19.3 Å². The van der Waals surface area contributed by atoms with Crippen molar-refractivity contribution in [3.05, 3.63) is 35.9 Å². The quantitative estimate of drug-likeness (QED) is 0.862. The maximum atomic E-state index is 12.4. The van der Waals surface area contributed by atoms with E-state index in [1.54, 1.807) is 0 Å². The Hall–Kier alpha value is -1.88. The number of hydrogen-bond acceptors (Lipinski definition) is 3. The highest BCUT2D eigenvalue weighted by atomic mass is 16.2. The van der Waals surface area contributed by atoms with Gasteiger partial charge in [-0.25, -0.2) is 0 Å². The third kappa shape index (κ3) is 4.60. The molecule has 5 heteroatoms. The van der Waals surface area contributed by atoms with Gasteiger partial charge in [0, 0.05) is 25.0 Å². The molecule has 2 amide bonds. The molecule has 0 aromatic heterocycles. The van der Waals surface area contributed by atoms with E-state index in [0.717, 1.165) is 44.3 Å². The molecule has 3 rings (SSSR count). The molecule has 0 spiro atoms. The normalized spacial score (nSPS) is 21.6. The van der Waals surface area contributed by atoms with Crippen LogP contribution in [0.15, 0.2) is 30.3 Å². The summed E-state index contributed by atoms with van der Waals surface area (Å²) in [7, 11) is 0. The summed E-state index contributed by atoms with van der Waals surface area (Å²) in [5.74, 6) is 0.123. The first-order chi connectivity index (χ1) is 12.1. The van der Waals surface area contributed by atoms with Crippen molar-refractivity contribution in [3.8, 4) is 0 Å². The first kappa shape index (κ1) is 17.9. The largest absolute Gasteiger partial charge is 0.368 e. The van der Waals surface area contributed by atoms with E-state index in [4.69, 9.17) is 5.73 Å². The van der Waals surface area contributed by atoms with Gasteiger partial charge in [0.15, 0.2) is 0 Å². The first-order valence-electron chi connectivity index (χ1n) is 9.54. The van der Waals surface area contributed by atoms with Gasteiger partial charge in [-0.1, -0.05) is 49.6 Å². The van der Waals surface area contributed by atoms with Crippen LogP contribution in [-0.4, -0.2) is 35.8 Å². The average molecular weight is 343 g/mol. The van der Waals surface area contributed by atoms with Crippen LogP contribution in [-0.2, 0) is 9.59 Å². The minimum Gasteiger partial charge on any atom is -0.368 e. The number of benzene rings is 1. The molecule has 1 aliphatic heterocycles. The molecule has 3 N–H and O–H groups in total. The molecule has 1 aromatic rings. The molecule has 0 radical (unpaired) electrons. The molecule has 1 saturated carbocycles. The third-order valence-corrected chi connectivity index (χ3v) is 5.60. The van der Waals surface area contributed by atoms with Gasteiger partial charge >= 0.3 is 0 Å². The summed E-state index contributed by atoms with van der Waals surface area (Å²) in [6.45, 7) is 1.55. The van der Waals surface area contributed by atoms with Gasteiger partial charge in [0.25, 0.3) is 0 Å². The lowest BCUT2D eigenvalue weighted by molar-refractivity contribution is -0.128. The second-order valence-corrected chi connectivity index (χ2v) is 7.37. The zero-order chi connectivity index (χ0) is 17.6. The zero-order valence-electron chi connectivity index (χ0n) is 14.8. The number of piperidine rings is 1. The Morgan fingerprint density at radius 2 is 1.64 bits per heavy atom. The van der Waals surface area contributed by atoms with Crippen LogP contribution in [0.2, 0.25) is 0 Å². The topological polar surface area (TPSA) is 75.4 Å². The molecule has 1 atom stereocenters. The van der Waals surface area contributed by atoms with E-state index in [9.17, 15) is 9.59 Å². The summed E-state index contributed by atoms with van der Waals surface area (Å²) in [5, 5.41) is 3.24.